The van der Waals surface area contributed by atoms with E-state index in [9.17, 15) is 13.2 Å². The smallest absolute Gasteiger partial charge is 0.221 e. The van der Waals surface area contributed by atoms with Gasteiger partial charge in [-0.1, -0.05) is 12.1 Å². The monoisotopic (exact) mass is 391 g/mol. The average molecular weight is 391 g/mol. The van der Waals surface area contributed by atoms with E-state index in [2.05, 4.69) is 5.32 Å². The predicted molar refractivity (Wildman–Crippen MR) is 104 cm³/mol. The number of ether oxygens (including phenoxy) is 2. The zero-order valence-corrected chi connectivity index (χ0v) is 16.6. The molecular formula is C20H25NO5S. The number of benzene rings is 2. The molecule has 0 fully saturated rings. The van der Waals surface area contributed by atoms with E-state index in [1.165, 1.54) is 12.1 Å². The molecule has 0 saturated carbocycles. The van der Waals surface area contributed by atoms with Gasteiger partial charge in [-0.05, 0) is 55.8 Å². The van der Waals surface area contributed by atoms with Crippen LogP contribution in [0.25, 0.3) is 0 Å². The van der Waals surface area contributed by atoms with E-state index in [-0.39, 0.29) is 29.1 Å². The van der Waals surface area contributed by atoms with Crippen molar-refractivity contribution in [1.29, 1.82) is 0 Å². The van der Waals surface area contributed by atoms with Crippen LogP contribution in [0.5, 0.6) is 11.5 Å². The van der Waals surface area contributed by atoms with Gasteiger partial charge in [-0.3, -0.25) is 4.79 Å². The molecule has 1 amide bonds. The summed E-state index contributed by atoms with van der Waals surface area (Å²) in [7, 11) is -1.94. The van der Waals surface area contributed by atoms with Gasteiger partial charge in [0.05, 0.1) is 23.9 Å². The number of nitrogens with one attached hydrogen (secondary N) is 1. The Hall–Kier alpha value is -2.54. The first-order valence-electron chi connectivity index (χ1n) is 8.69. The van der Waals surface area contributed by atoms with Crippen LogP contribution in [0.4, 0.5) is 0 Å². The number of carbonyl (C=O) groups excluding carboxylic acids is 1. The fraction of sp³-hybridized carbons (Fsp3) is 0.350. The Labute approximate surface area is 160 Å². The van der Waals surface area contributed by atoms with Crippen molar-refractivity contribution >= 4 is 15.7 Å². The zero-order chi connectivity index (χ0) is 19.9. The van der Waals surface area contributed by atoms with Gasteiger partial charge in [-0.25, -0.2) is 8.42 Å². The SMILES string of the molecule is COc1ccc(CNC(=O)CCS(=O)(=O)c2ccc(OC(C)C)cc2)cc1. The molecule has 0 heterocycles. The lowest BCUT2D eigenvalue weighted by molar-refractivity contribution is -0.120. The highest BCUT2D eigenvalue weighted by Gasteiger charge is 2.16. The van der Waals surface area contributed by atoms with Gasteiger partial charge in [0.2, 0.25) is 5.91 Å². The topological polar surface area (TPSA) is 81.7 Å². The molecule has 0 aliphatic rings. The van der Waals surface area contributed by atoms with Crippen LogP contribution in [0.3, 0.4) is 0 Å². The normalized spacial score (nSPS) is 11.3. The van der Waals surface area contributed by atoms with Gasteiger partial charge in [0.1, 0.15) is 11.5 Å². The Morgan fingerprint density at radius 3 is 2.15 bits per heavy atom. The Kier molecular flexibility index (Phi) is 7.24. The third-order valence-corrected chi connectivity index (χ3v) is 5.53. The van der Waals surface area contributed by atoms with Crippen molar-refractivity contribution < 1.29 is 22.7 Å². The molecule has 27 heavy (non-hydrogen) atoms. The molecule has 0 saturated heterocycles. The summed E-state index contributed by atoms with van der Waals surface area (Å²) in [5.74, 6) is 0.794. The minimum atomic E-state index is -3.53. The molecule has 7 heteroatoms. The number of hydrogen-bond donors (Lipinski definition) is 1. The van der Waals surface area contributed by atoms with E-state index < -0.39 is 9.84 Å². The molecule has 146 valence electrons. The van der Waals surface area contributed by atoms with Gasteiger partial charge in [0, 0.05) is 13.0 Å². The van der Waals surface area contributed by atoms with Crippen LogP contribution < -0.4 is 14.8 Å². The van der Waals surface area contributed by atoms with Crippen molar-refractivity contribution in [3.05, 3.63) is 54.1 Å². The van der Waals surface area contributed by atoms with Gasteiger partial charge >= 0.3 is 0 Å². The summed E-state index contributed by atoms with van der Waals surface area (Å²) in [5, 5.41) is 2.73. The standard InChI is InChI=1S/C20H25NO5S/c1-15(2)26-18-8-10-19(11-9-18)27(23,24)13-12-20(22)21-14-16-4-6-17(25-3)7-5-16/h4-11,15H,12-14H2,1-3H3,(H,21,22). The van der Waals surface area contributed by atoms with Crippen LogP contribution in [0.15, 0.2) is 53.4 Å². The van der Waals surface area contributed by atoms with E-state index >= 15 is 0 Å². The number of carbonyl (C=O) groups is 1. The number of sulfone groups is 1. The zero-order valence-electron chi connectivity index (χ0n) is 15.8. The van der Waals surface area contributed by atoms with Crippen molar-refractivity contribution in [3.63, 3.8) is 0 Å². The molecule has 0 aliphatic carbocycles. The van der Waals surface area contributed by atoms with E-state index in [0.717, 1.165) is 11.3 Å². The number of rotatable bonds is 9. The minimum absolute atomic E-state index is 0.0156. The molecule has 0 atom stereocenters. The fourth-order valence-electron chi connectivity index (χ4n) is 2.38. The van der Waals surface area contributed by atoms with Crippen molar-refractivity contribution in [1.82, 2.24) is 5.32 Å². The second-order valence-electron chi connectivity index (χ2n) is 6.33. The Bertz CT molecular complexity index is 843. The first-order valence-corrected chi connectivity index (χ1v) is 10.3. The summed E-state index contributed by atoms with van der Waals surface area (Å²) in [6.45, 7) is 4.13. The fourth-order valence-corrected chi connectivity index (χ4v) is 3.62. The first kappa shape index (κ1) is 20.8. The molecule has 0 bridgehead atoms. The summed E-state index contributed by atoms with van der Waals surface area (Å²) in [6, 6.07) is 13.5. The van der Waals surface area contributed by atoms with E-state index in [4.69, 9.17) is 9.47 Å². The second kappa shape index (κ2) is 9.41. The van der Waals surface area contributed by atoms with Crippen molar-refractivity contribution in [2.45, 2.75) is 37.8 Å². The molecule has 2 aromatic carbocycles. The average Bonchev–Trinajstić information content (AvgIpc) is 2.65. The van der Waals surface area contributed by atoms with Gasteiger partial charge in [-0.2, -0.15) is 0 Å². The van der Waals surface area contributed by atoms with Crippen LogP contribution in [0, 0.1) is 0 Å². The number of hydrogen-bond acceptors (Lipinski definition) is 5. The summed E-state index contributed by atoms with van der Waals surface area (Å²) < 4.78 is 35.3. The predicted octanol–water partition coefficient (Wildman–Crippen LogP) is 2.96. The molecule has 0 aliphatic heterocycles. The minimum Gasteiger partial charge on any atom is -0.497 e. The summed E-state index contributed by atoms with van der Waals surface area (Å²) >= 11 is 0. The highest BCUT2D eigenvalue weighted by atomic mass is 32.2. The maximum Gasteiger partial charge on any atom is 0.221 e. The van der Waals surface area contributed by atoms with Gasteiger partial charge in [-0.15, -0.1) is 0 Å². The van der Waals surface area contributed by atoms with Gasteiger partial charge < -0.3 is 14.8 Å². The molecule has 0 aromatic heterocycles. The quantitative estimate of drug-likeness (QED) is 0.711. The van der Waals surface area contributed by atoms with Crippen LogP contribution in [-0.4, -0.2) is 33.3 Å². The van der Waals surface area contributed by atoms with Crippen LogP contribution in [0.1, 0.15) is 25.8 Å². The second-order valence-corrected chi connectivity index (χ2v) is 8.44. The third-order valence-electron chi connectivity index (χ3n) is 3.80. The summed E-state index contributed by atoms with van der Waals surface area (Å²) in [4.78, 5) is 12.2. The van der Waals surface area contributed by atoms with Crippen LogP contribution in [0.2, 0.25) is 0 Å². The molecule has 0 spiro atoms. The van der Waals surface area contributed by atoms with Crippen LogP contribution in [-0.2, 0) is 21.2 Å². The molecule has 0 radical (unpaired) electrons. The van der Waals surface area contributed by atoms with Crippen LogP contribution >= 0.6 is 0 Å². The molecule has 1 N–H and O–H groups in total. The highest BCUT2D eigenvalue weighted by Crippen LogP contribution is 2.18. The lowest BCUT2D eigenvalue weighted by Gasteiger charge is -2.10. The van der Waals surface area contributed by atoms with E-state index in [1.54, 1.807) is 31.4 Å². The Balaban J connectivity index is 1.85. The maximum absolute atomic E-state index is 12.4. The Morgan fingerprint density at radius 1 is 1.00 bits per heavy atom. The van der Waals surface area contributed by atoms with Crippen molar-refractivity contribution in [3.8, 4) is 11.5 Å². The summed E-state index contributed by atoms with van der Waals surface area (Å²) in [5.41, 5.74) is 0.910. The molecule has 2 aromatic rings. The molecule has 2 rings (SSSR count). The largest absolute Gasteiger partial charge is 0.497 e. The number of amides is 1. The van der Waals surface area contributed by atoms with E-state index in [0.29, 0.717) is 12.3 Å². The third kappa shape index (κ3) is 6.60. The lowest BCUT2D eigenvalue weighted by Crippen LogP contribution is -2.25. The molecular weight excluding hydrogens is 366 g/mol. The van der Waals surface area contributed by atoms with Crippen molar-refractivity contribution in [2.75, 3.05) is 12.9 Å². The molecule has 6 nitrogen and oxygen atoms in total. The van der Waals surface area contributed by atoms with Gasteiger partial charge in [0.15, 0.2) is 9.84 Å². The summed E-state index contributed by atoms with van der Waals surface area (Å²) in [6.07, 6.45) is -0.0789. The number of methoxy groups -OCH3 is 1. The van der Waals surface area contributed by atoms with Crippen molar-refractivity contribution in [2.24, 2.45) is 0 Å². The van der Waals surface area contributed by atoms with Gasteiger partial charge in [0.25, 0.3) is 0 Å². The maximum atomic E-state index is 12.4. The van der Waals surface area contributed by atoms with E-state index in [1.807, 2.05) is 26.0 Å². The lowest BCUT2D eigenvalue weighted by atomic mass is 10.2. The first-order chi connectivity index (χ1) is 12.8. The Morgan fingerprint density at radius 2 is 1.59 bits per heavy atom. The molecule has 0 unspecified atom stereocenters. The highest BCUT2D eigenvalue weighted by molar-refractivity contribution is 7.91.